The van der Waals surface area contributed by atoms with Gasteiger partial charge in [-0.2, -0.15) is 0 Å². The number of hydrogen-bond acceptors (Lipinski definition) is 5. The topological polar surface area (TPSA) is 61.8 Å². The van der Waals surface area contributed by atoms with Crippen molar-refractivity contribution < 1.29 is 23.8 Å². The lowest BCUT2D eigenvalue weighted by Crippen LogP contribution is -2.13. The molecule has 0 saturated carbocycles. The molecule has 0 saturated heterocycles. The monoisotopic (exact) mass is 278 g/mol. The van der Waals surface area contributed by atoms with E-state index in [1.165, 1.54) is 13.2 Å². The van der Waals surface area contributed by atoms with Crippen molar-refractivity contribution in [1.29, 1.82) is 0 Å². The second kappa shape index (κ2) is 8.87. The lowest BCUT2D eigenvalue weighted by atomic mass is 10.2. The van der Waals surface area contributed by atoms with Crippen molar-refractivity contribution in [3.63, 3.8) is 0 Å². The van der Waals surface area contributed by atoms with Crippen LogP contribution in [0.25, 0.3) is 0 Å². The van der Waals surface area contributed by atoms with Gasteiger partial charge in [0.1, 0.15) is 18.1 Å². The quantitative estimate of drug-likeness (QED) is 0.413. The first-order valence-corrected chi connectivity index (χ1v) is 6.14. The number of carbonyl (C=O) groups excluding carboxylic acids is 2. The average Bonchev–Trinajstić information content (AvgIpc) is 2.50. The molecule has 0 fully saturated rings. The van der Waals surface area contributed by atoms with Gasteiger partial charge in [-0.1, -0.05) is 18.2 Å². The van der Waals surface area contributed by atoms with E-state index in [9.17, 15) is 9.59 Å². The summed E-state index contributed by atoms with van der Waals surface area (Å²) in [5.41, 5.74) is 0.939. The first-order valence-electron chi connectivity index (χ1n) is 6.14. The van der Waals surface area contributed by atoms with E-state index >= 15 is 0 Å². The van der Waals surface area contributed by atoms with E-state index in [-0.39, 0.29) is 0 Å². The first kappa shape index (κ1) is 15.9. The van der Waals surface area contributed by atoms with Gasteiger partial charge >= 0.3 is 5.97 Å². The fraction of sp³-hybridized carbons (Fsp3) is 0.333. The number of esters is 1. The minimum atomic E-state index is -0.585. The summed E-state index contributed by atoms with van der Waals surface area (Å²) in [4.78, 5) is 21.7. The van der Waals surface area contributed by atoms with Gasteiger partial charge in [-0.3, -0.25) is 0 Å². The van der Waals surface area contributed by atoms with E-state index in [1.54, 1.807) is 13.2 Å². The van der Waals surface area contributed by atoms with Crippen LogP contribution in [0.15, 0.2) is 36.4 Å². The van der Waals surface area contributed by atoms with Crippen molar-refractivity contribution in [2.75, 3.05) is 14.2 Å². The van der Waals surface area contributed by atoms with Crippen LogP contribution < -0.4 is 4.74 Å². The summed E-state index contributed by atoms with van der Waals surface area (Å²) >= 11 is 0. The van der Waals surface area contributed by atoms with Gasteiger partial charge in [0.15, 0.2) is 0 Å². The van der Waals surface area contributed by atoms with Crippen LogP contribution in [0.1, 0.15) is 12.0 Å². The highest BCUT2D eigenvalue weighted by Gasteiger charge is 2.06. The second-order valence-electron chi connectivity index (χ2n) is 3.99. The molecule has 0 spiro atoms. The molecule has 0 aliphatic carbocycles. The molecule has 1 aromatic rings. The fourth-order valence-electron chi connectivity index (χ4n) is 1.45. The predicted molar refractivity (Wildman–Crippen MR) is 73.4 cm³/mol. The highest BCUT2D eigenvalue weighted by atomic mass is 16.5. The largest absolute Gasteiger partial charge is 0.497 e. The molecule has 5 nitrogen and oxygen atoms in total. The van der Waals surface area contributed by atoms with Crippen LogP contribution in [0.2, 0.25) is 0 Å². The van der Waals surface area contributed by atoms with E-state index in [1.807, 2.05) is 24.3 Å². The molecule has 5 heteroatoms. The molecule has 108 valence electrons. The number of carbonyl (C=O) groups is 2. The Morgan fingerprint density at radius 2 is 1.95 bits per heavy atom. The second-order valence-corrected chi connectivity index (χ2v) is 3.99. The number of aldehydes is 1. The third-order valence-corrected chi connectivity index (χ3v) is 2.60. The van der Waals surface area contributed by atoms with E-state index in [4.69, 9.17) is 9.47 Å². The molecule has 0 bridgehead atoms. The Kier molecular flexibility index (Phi) is 7.06. The lowest BCUT2D eigenvalue weighted by Gasteiger charge is -2.10. The van der Waals surface area contributed by atoms with Crippen molar-refractivity contribution in [2.45, 2.75) is 19.1 Å². The number of hydrogen-bond donors (Lipinski definition) is 0. The highest BCUT2D eigenvalue weighted by molar-refractivity contribution is 5.81. The standard InChI is InChI=1S/C15H18O5/c1-18-13-8-6-12(7-9-13)11-20-14(10-16)4-3-5-15(17)19-2/h3,5-10,14H,4,11H2,1-2H3/b5-3+. The molecule has 0 heterocycles. The van der Waals surface area contributed by atoms with Gasteiger partial charge in [0, 0.05) is 6.08 Å². The molecule has 1 rings (SSSR count). The van der Waals surface area contributed by atoms with Crippen LogP contribution in [0.3, 0.4) is 0 Å². The molecule has 0 aliphatic heterocycles. The summed E-state index contributed by atoms with van der Waals surface area (Å²) in [5.74, 6) is 0.312. The Balaban J connectivity index is 2.42. The number of methoxy groups -OCH3 is 2. The summed E-state index contributed by atoms with van der Waals surface area (Å²) in [6.45, 7) is 0.319. The van der Waals surface area contributed by atoms with Gasteiger partial charge in [0.25, 0.3) is 0 Å². The van der Waals surface area contributed by atoms with Crippen LogP contribution in [0.5, 0.6) is 5.75 Å². The molecule has 1 unspecified atom stereocenters. The fourth-order valence-corrected chi connectivity index (χ4v) is 1.45. The summed E-state index contributed by atoms with van der Waals surface area (Å²) < 4.78 is 15.0. The van der Waals surface area contributed by atoms with Crippen molar-refractivity contribution >= 4 is 12.3 Å². The van der Waals surface area contributed by atoms with Crippen LogP contribution >= 0.6 is 0 Å². The minimum absolute atomic E-state index is 0.319. The van der Waals surface area contributed by atoms with Crippen molar-refractivity contribution in [3.05, 3.63) is 42.0 Å². The van der Waals surface area contributed by atoms with E-state index < -0.39 is 12.1 Å². The van der Waals surface area contributed by atoms with E-state index in [0.717, 1.165) is 11.3 Å². The Bertz CT molecular complexity index is 450. The molecular formula is C15H18O5. The normalized spacial score (nSPS) is 12.1. The zero-order chi connectivity index (χ0) is 14.8. The van der Waals surface area contributed by atoms with Crippen LogP contribution in [-0.2, 0) is 25.7 Å². The van der Waals surface area contributed by atoms with Crippen molar-refractivity contribution in [1.82, 2.24) is 0 Å². The smallest absolute Gasteiger partial charge is 0.330 e. The van der Waals surface area contributed by atoms with Gasteiger partial charge < -0.3 is 19.0 Å². The van der Waals surface area contributed by atoms with Crippen LogP contribution in [0, 0.1) is 0 Å². The molecule has 20 heavy (non-hydrogen) atoms. The third kappa shape index (κ3) is 5.67. The number of benzene rings is 1. The summed E-state index contributed by atoms with van der Waals surface area (Å²) in [6, 6.07) is 7.38. The van der Waals surface area contributed by atoms with Gasteiger partial charge in [0.2, 0.25) is 0 Å². The molecule has 0 aromatic heterocycles. The predicted octanol–water partition coefficient (Wildman–Crippen LogP) is 1.90. The maximum atomic E-state index is 10.9. The molecular weight excluding hydrogens is 260 g/mol. The van der Waals surface area contributed by atoms with Crippen LogP contribution in [-0.4, -0.2) is 32.6 Å². The van der Waals surface area contributed by atoms with Gasteiger partial charge in [-0.15, -0.1) is 0 Å². The van der Waals surface area contributed by atoms with E-state index in [0.29, 0.717) is 19.3 Å². The van der Waals surface area contributed by atoms with Gasteiger partial charge in [0.05, 0.1) is 20.8 Å². The summed E-state index contributed by atoms with van der Waals surface area (Å²) in [6.07, 6.45) is 3.28. The molecule has 0 aliphatic rings. The Morgan fingerprint density at radius 3 is 2.50 bits per heavy atom. The third-order valence-electron chi connectivity index (χ3n) is 2.60. The first-order chi connectivity index (χ1) is 9.69. The Hall–Kier alpha value is -2.14. The van der Waals surface area contributed by atoms with Gasteiger partial charge in [-0.25, -0.2) is 4.79 Å². The summed E-state index contributed by atoms with van der Waals surface area (Å²) in [5, 5.41) is 0. The zero-order valence-electron chi connectivity index (χ0n) is 11.6. The maximum Gasteiger partial charge on any atom is 0.330 e. The molecule has 0 N–H and O–H groups in total. The number of ether oxygens (including phenoxy) is 3. The van der Waals surface area contributed by atoms with Crippen molar-refractivity contribution in [3.8, 4) is 5.75 Å². The van der Waals surface area contributed by atoms with Crippen molar-refractivity contribution in [2.24, 2.45) is 0 Å². The van der Waals surface area contributed by atoms with Gasteiger partial charge in [-0.05, 0) is 24.1 Å². The van der Waals surface area contributed by atoms with Crippen LogP contribution in [0.4, 0.5) is 0 Å². The molecule has 0 radical (unpaired) electrons. The lowest BCUT2D eigenvalue weighted by molar-refractivity contribution is -0.134. The molecule has 1 atom stereocenters. The maximum absolute atomic E-state index is 10.9. The minimum Gasteiger partial charge on any atom is -0.497 e. The zero-order valence-corrected chi connectivity index (χ0v) is 11.6. The van der Waals surface area contributed by atoms with E-state index in [2.05, 4.69) is 4.74 Å². The summed E-state index contributed by atoms with van der Waals surface area (Å²) in [7, 11) is 2.89. The molecule has 1 aromatic carbocycles. The highest BCUT2D eigenvalue weighted by Crippen LogP contribution is 2.12. The SMILES string of the molecule is COC(=O)/C=C/CC(C=O)OCc1ccc(OC)cc1. The number of rotatable bonds is 8. The molecule has 0 amide bonds. The Labute approximate surface area is 118 Å². The average molecular weight is 278 g/mol. The Morgan fingerprint density at radius 1 is 1.25 bits per heavy atom.